The molecule has 1 aromatic heterocycles. The van der Waals surface area contributed by atoms with Gasteiger partial charge in [0, 0.05) is 29.0 Å². The monoisotopic (exact) mass is 287 g/mol. The normalized spacial score (nSPS) is 19.0. The van der Waals surface area contributed by atoms with Crippen LogP contribution in [0.5, 0.6) is 0 Å². The Balaban J connectivity index is 1.81. The summed E-state index contributed by atoms with van der Waals surface area (Å²) < 4.78 is 0. The van der Waals surface area contributed by atoms with Gasteiger partial charge < -0.3 is 5.32 Å². The summed E-state index contributed by atoms with van der Waals surface area (Å²) in [6.45, 7) is 1.06. The summed E-state index contributed by atoms with van der Waals surface area (Å²) in [6.07, 6.45) is 0. The molecule has 0 aliphatic carbocycles. The van der Waals surface area contributed by atoms with Crippen molar-refractivity contribution in [1.29, 1.82) is 5.26 Å². The van der Waals surface area contributed by atoms with Crippen molar-refractivity contribution in [2.24, 2.45) is 0 Å². The number of nitrogens with one attached hydrogen (secondary N) is 1. The lowest BCUT2D eigenvalue weighted by Crippen LogP contribution is -2.30. The molecule has 1 unspecified atom stereocenters. The van der Waals surface area contributed by atoms with Crippen molar-refractivity contribution >= 4 is 23.1 Å². The van der Waals surface area contributed by atoms with Crippen LogP contribution in [0.25, 0.3) is 11.3 Å². The standard InChI is InChI=1S/C14H13N3S2/c15-7-10-1-3-11(4-2-10)12-9-19-14(17-12)13-8-18-6-5-16-13/h1-4,9,13,16H,5-6,8H2. The maximum atomic E-state index is 8.80. The van der Waals surface area contributed by atoms with Gasteiger partial charge in [0.2, 0.25) is 0 Å². The molecule has 3 nitrogen and oxygen atoms in total. The second kappa shape index (κ2) is 5.74. The molecule has 1 aromatic carbocycles. The Morgan fingerprint density at radius 2 is 2.16 bits per heavy atom. The average Bonchev–Trinajstić information content (AvgIpc) is 2.98. The zero-order chi connectivity index (χ0) is 13.1. The lowest BCUT2D eigenvalue weighted by Gasteiger charge is -2.20. The molecule has 0 spiro atoms. The minimum absolute atomic E-state index is 0.385. The summed E-state index contributed by atoms with van der Waals surface area (Å²) in [7, 11) is 0. The fraction of sp³-hybridized carbons (Fsp3) is 0.286. The number of benzene rings is 1. The Morgan fingerprint density at radius 3 is 2.84 bits per heavy atom. The highest BCUT2D eigenvalue weighted by Gasteiger charge is 2.18. The van der Waals surface area contributed by atoms with Crippen LogP contribution in [-0.2, 0) is 0 Å². The molecule has 5 heteroatoms. The molecule has 19 heavy (non-hydrogen) atoms. The molecule has 0 radical (unpaired) electrons. The Morgan fingerprint density at radius 1 is 1.32 bits per heavy atom. The molecule has 0 amide bonds. The molecule has 1 aliphatic rings. The number of thioether (sulfide) groups is 1. The topological polar surface area (TPSA) is 48.7 Å². The van der Waals surface area contributed by atoms with E-state index in [-0.39, 0.29) is 0 Å². The maximum Gasteiger partial charge on any atom is 0.111 e. The van der Waals surface area contributed by atoms with Gasteiger partial charge in [-0.05, 0) is 12.1 Å². The average molecular weight is 287 g/mol. The second-order valence-electron chi connectivity index (χ2n) is 4.34. The summed E-state index contributed by atoms with van der Waals surface area (Å²) in [4.78, 5) is 4.72. The van der Waals surface area contributed by atoms with Gasteiger partial charge in [-0.2, -0.15) is 17.0 Å². The van der Waals surface area contributed by atoms with Crippen LogP contribution in [0, 0.1) is 11.3 Å². The van der Waals surface area contributed by atoms with Crippen LogP contribution < -0.4 is 5.32 Å². The second-order valence-corrected chi connectivity index (χ2v) is 6.38. The van der Waals surface area contributed by atoms with Crippen LogP contribution in [-0.4, -0.2) is 23.0 Å². The van der Waals surface area contributed by atoms with Gasteiger partial charge in [0.15, 0.2) is 0 Å². The third-order valence-corrected chi connectivity index (χ3v) is 5.07. The SMILES string of the molecule is N#Cc1ccc(-c2csc(C3CSCCN3)n2)cc1. The van der Waals surface area contributed by atoms with E-state index in [9.17, 15) is 0 Å². The predicted octanol–water partition coefficient (Wildman–Crippen LogP) is 3.06. The Bertz CT molecular complexity index is 592. The van der Waals surface area contributed by atoms with E-state index in [0.717, 1.165) is 28.6 Å². The molecule has 1 N–H and O–H groups in total. The first-order valence-electron chi connectivity index (χ1n) is 6.14. The van der Waals surface area contributed by atoms with Crippen LogP contribution in [0.15, 0.2) is 29.6 Å². The number of nitriles is 1. The van der Waals surface area contributed by atoms with Crippen molar-refractivity contribution in [2.45, 2.75) is 6.04 Å². The molecular weight excluding hydrogens is 274 g/mol. The van der Waals surface area contributed by atoms with Crippen molar-refractivity contribution in [3.63, 3.8) is 0 Å². The van der Waals surface area contributed by atoms with Crippen molar-refractivity contribution in [3.8, 4) is 17.3 Å². The van der Waals surface area contributed by atoms with Crippen molar-refractivity contribution < 1.29 is 0 Å². The molecule has 1 aliphatic heterocycles. The highest BCUT2D eigenvalue weighted by Crippen LogP contribution is 2.28. The molecule has 1 saturated heterocycles. The quantitative estimate of drug-likeness (QED) is 0.922. The van der Waals surface area contributed by atoms with Crippen molar-refractivity contribution in [2.75, 3.05) is 18.1 Å². The molecule has 0 saturated carbocycles. The summed E-state index contributed by atoms with van der Waals surface area (Å²) in [5.74, 6) is 2.28. The first kappa shape index (κ1) is 12.7. The van der Waals surface area contributed by atoms with E-state index < -0.39 is 0 Å². The van der Waals surface area contributed by atoms with E-state index >= 15 is 0 Å². The highest BCUT2D eigenvalue weighted by molar-refractivity contribution is 7.99. The summed E-state index contributed by atoms with van der Waals surface area (Å²) in [6, 6.07) is 10.1. The smallest absolute Gasteiger partial charge is 0.111 e. The van der Waals surface area contributed by atoms with Gasteiger partial charge in [-0.15, -0.1) is 11.3 Å². The van der Waals surface area contributed by atoms with Gasteiger partial charge in [-0.3, -0.25) is 0 Å². The summed E-state index contributed by atoms with van der Waals surface area (Å²) in [5, 5.41) is 15.6. The highest BCUT2D eigenvalue weighted by atomic mass is 32.2. The van der Waals surface area contributed by atoms with Crippen molar-refractivity contribution in [1.82, 2.24) is 10.3 Å². The van der Waals surface area contributed by atoms with Gasteiger partial charge >= 0.3 is 0 Å². The largest absolute Gasteiger partial charge is 0.306 e. The lowest BCUT2D eigenvalue weighted by molar-refractivity contribution is 0.592. The third-order valence-electron chi connectivity index (χ3n) is 3.05. The number of hydrogen-bond donors (Lipinski definition) is 1. The fourth-order valence-electron chi connectivity index (χ4n) is 2.02. The molecule has 96 valence electrons. The Kier molecular flexibility index (Phi) is 3.83. The lowest BCUT2D eigenvalue weighted by atomic mass is 10.1. The van der Waals surface area contributed by atoms with Gasteiger partial charge in [-0.1, -0.05) is 12.1 Å². The van der Waals surface area contributed by atoms with Crippen LogP contribution in [0.3, 0.4) is 0 Å². The zero-order valence-corrected chi connectivity index (χ0v) is 11.9. The van der Waals surface area contributed by atoms with E-state index in [4.69, 9.17) is 10.2 Å². The first-order valence-corrected chi connectivity index (χ1v) is 8.17. The van der Waals surface area contributed by atoms with E-state index in [0.29, 0.717) is 11.6 Å². The molecule has 1 atom stereocenters. The zero-order valence-electron chi connectivity index (χ0n) is 10.3. The molecule has 3 rings (SSSR count). The minimum Gasteiger partial charge on any atom is -0.306 e. The van der Waals surface area contributed by atoms with E-state index in [2.05, 4.69) is 16.8 Å². The Labute approximate surface area is 120 Å². The number of nitrogens with zero attached hydrogens (tertiary/aromatic N) is 2. The van der Waals surface area contributed by atoms with Crippen LogP contribution in [0.4, 0.5) is 0 Å². The number of rotatable bonds is 2. The van der Waals surface area contributed by atoms with Gasteiger partial charge in [0.25, 0.3) is 0 Å². The number of thiazole rings is 1. The minimum atomic E-state index is 0.385. The Hall–Kier alpha value is -1.35. The van der Waals surface area contributed by atoms with Crippen LogP contribution in [0.1, 0.15) is 16.6 Å². The van der Waals surface area contributed by atoms with E-state index in [1.165, 1.54) is 5.75 Å². The first-order chi connectivity index (χ1) is 9.36. The number of hydrogen-bond acceptors (Lipinski definition) is 5. The van der Waals surface area contributed by atoms with Gasteiger partial charge in [0.1, 0.15) is 5.01 Å². The molecule has 2 aromatic rings. The van der Waals surface area contributed by atoms with E-state index in [1.54, 1.807) is 11.3 Å². The maximum absolute atomic E-state index is 8.80. The molecule has 2 heterocycles. The van der Waals surface area contributed by atoms with Crippen molar-refractivity contribution in [3.05, 3.63) is 40.2 Å². The molecule has 1 fully saturated rings. The number of aromatic nitrogens is 1. The predicted molar refractivity (Wildman–Crippen MR) is 80.3 cm³/mol. The van der Waals surface area contributed by atoms with Crippen LogP contribution >= 0.6 is 23.1 Å². The fourth-order valence-corrected chi connectivity index (χ4v) is 3.97. The molecule has 0 bridgehead atoms. The summed E-state index contributed by atoms with van der Waals surface area (Å²) >= 11 is 3.68. The van der Waals surface area contributed by atoms with Gasteiger partial charge in [-0.25, -0.2) is 4.98 Å². The van der Waals surface area contributed by atoms with E-state index in [1.807, 2.05) is 36.0 Å². The molecular formula is C14H13N3S2. The summed E-state index contributed by atoms with van der Waals surface area (Å²) in [5.41, 5.74) is 2.76. The van der Waals surface area contributed by atoms with Gasteiger partial charge in [0.05, 0.1) is 23.4 Å². The van der Waals surface area contributed by atoms with Crippen LogP contribution in [0.2, 0.25) is 0 Å². The third kappa shape index (κ3) is 2.81.